The minimum Gasteiger partial charge on any atom is -0.493 e. The number of benzene rings is 2. The highest BCUT2D eigenvalue weighted by Crippen LogP contribution is 2.35. The van der Waals surface area contributed by atoms with Gasteiger partial charge in [-0.05, 0) is 17.7 Å². The number of hydrogen-bond donors (Lipinski definition) is 1. The smallest absolute Gasteiger partial charge is 0.336 e. The highest BCUT2D eigenvalue weighted by atomic mass is 16.5. The van der Waals surface area contributed by atoms with Crippen LogP contribution in [0.15, 0.2) is 42.5 Å². The highest BCUT2D eigenvalue weighted by Gasteiger charge is 2.17. The molecule has 2 aromatic carbocycles. The zero-order valence-electron chi connectivity index (χ0n) is 10.7. The number of rotatable bonds is 4. The third-order valence-corrected chi connectivity index (χ3v) is 2.84. The van der Waals surface area contributed by atoms with E-state index >= 15 is 0 Å². The van der Waals surface area contributed by atoms with Crippen molar-refractivity contribution in [3.8, 4) is 22.6 Å². The molecule has 2 rings (SSSR count). The average molecular weight is 258 g/mol. The van der Waals surface area contributed by atoms with Crippen molar-refractivity contribution in [2.45, 2.75) is 0 Å². The van der Waals surface area contributed by atoms with Crippen molar-refractivity contribution in [2.24, 2.45) is 0 Å². The molecular weight excluding hydrogens is 244 g/mol. The lowest BCUT2D eigenvalue weighted by Gasteiger charge is -2.13. The summed E-state index contributed by atoms with van der Waals surface area (Å²) in [5.74, 6) is -0.0919. The average Bonchev–Trinajstić information content (AvgIpc) is 2.46. The van der Waals surface area contributed by atoms with Crippen molar-refractivity contribution in [1.82, 2.24) is 0 Å². The third kappa shape index (κ3) is 2.52. The lowest BCUT2D eigenvalue weighted by molar-refractivity contribution is 0.0697. The first-order chi connectivity index (χ1) is 9.17. The summed E-state index contributed by atoms with van der Waals surface area (Å²) in [5.41, 5.74) is 1.61. The maximum absolute atomic E-state index is 11.4. The fourth-order valence-corrected chi connectivity index (χ4v) is 1.91. The van der Waals surface area contributed by atoms with E-state index in [1.807, 2.05) is 30.3 Å². The normalized spacial score (nSPS) is 10.0. The van der Waals surface area contributed by atoms with Crippen LogP contribution in [0.4, 0.5) is 0 Å². The Bertz CT molecular complexity index is 591. The van der Waals surface area contributed by atoms with Crippen LogP contribution in [-0.4, -0.2) is 25.3 Å². The molecule has 0 aliphatic carbocycles. The molecule has 1 N–H and O–H groups in total. The van der Waals surface area contributed by atoms with Crippen LogP contribution in [-0.2, 0) is 0 Å². The second kappa shape index (κ2) is 5.44. The number of methoxy groups -OCH3 is 2. The number of hydrogen-bond acceptors (Lipinski definition) is 3. The summed E-state index contributed by atoms with van der Waals surface area (Å²) < 4.78 is 10.3. The Morgan fingerprint density at radius 1 is 1.00 bits per heavy atom. The topological polar surface area (TPSA) is 55.8 Å². The largest absolute Gasteiger partial charge is 0.493 e. The van der Waals surface area contributed by atoms with Crippen LogP contribution in [0, 0.1) is 0 Å². The Balaban J connectivity index is 2.68. The van der Waals surface area contributed by atoms with E-state index in [2.05, 4.69) is 0 Å². The van der Waals surface area contributed by atoms with Gasteiger partial charge < -0.3 is 14.6 Å². The molecule has 0 aromatic heterocycles. The fraction of sp³-hybridized carbons (Fsp3) is 0.133. The predicted octanol–water partition coefficient (Wildman–Crippen LogP) is 3.07. The second-order valence-corrected chi connectivity index (χ2v) is 3.92. The van der Waals surface area contributed by atoms with Crippen molar-refractivity contribution in [1.29, 1.82) is 0 Å². The van der Waals surface area contributed by atoms with Gasteiger partial charge >= 0.3 is 5.97 Å². The molecule has 0 atom stereocenters. The molecule has 0 aliphatic heterocycles. The molecular formula is C15H14O4. The number of carbonyl (C=O) groups is 1. The molecule has 4 nitrogen and oxygen atoms in total. The molecule has 0 radical (unpaired) electrons. The van der Waals surface area contributed by atoms with Gasteiger partial charge in [0.15, 0.2) is 11.5 Å². The van der Waals surface area contributed by atoms with Gasteiger partial charge in [0.25, 0.3) is 0 Å². The van der Waals surface area contributed by atoms with Gasteiger partial charge in [0.2, 0.25) is 0 Å². The molecule has 0 amide bonds. The Kier molecular flexibility index (Phi) is 3.71. The quantitative estimate of drug-likeness (QED) is 0.915. The molecule has 0 saturated heterocycles. The predicted molar refractivity (Wildman–Crippen MR) is 71.9 cm³/mol. The third-order valence-electron chi connectivity index (χ3n) is 2.84. The summed E-state index contributed by atoms with van der Waals surface area (Å²) >= 11 is 0. The summed E-state index contributed by atoms with van der Waals surface area (Å²) in [6.45, 7) is 0. The lowest BCUT2D eigenvalue weighted by Crippen LogP contribution is -2.02. The number of carboxylic acid groups (broad SMARTS) is 1. The van der Waals surface area contributed by atoms with Crippen LogP contribution in [0.5, 0.6) is 11.5 Å². The Morgan fingerprint density at radius 2 is 1.58 bits per heavy atom. The van der Waals surface area contributed by atoms with Gasteiger partial charge in [0, 0.05) is 5.56 Å². The van der Waals surface area contributed by atoms with E-state index in [0.717, 1.165) is 5.56 Å². The van der Waals surface area contributed by atoms with Gasteiger partial charge in [-0.15, -0.1) is 0 Å². The lowest BCUT2D eigenvalue weighted by atomic mass is 9.99. The maximum atomic E-state index is 11.4. The first-order valence-electron chi connectivity index (χ1n) is 5.72. The molecule has 0 heterocycles. The van der Waals surface area contributed by atoms with E-state index in [9.17, 15) is 9.90 Å². The van der Waals surface area contributed by atoms with Gasteiger partial charge in [-0.2, -0.15) is 0 Å². The Morgan fingerprint density at radius 3 is 2.11 bits per heavy atom. The van der Waals surface area contributed by atoms with E-state index in [-0.39, 0.29) is 5.56 Å². The molecule has 4 heteroatoms. The van der Waals surface area contributed by atoms with Crippen LogP contribution in [0.25, 0.3) is 11.1 Å². The highest BCUT2D eigenvalue weighted by molar-refractivity contribution is 5.97. The molecule has 0 unspecified atom stereocenters. The van der Waals surface area contributed by atoms with Crippen molar-refractivity contribution >= 4 is 5.97 Å². The van der Waals surface area contributed by atoms with Crippen molar-refractivity contribution in [2.75, 3.05) is 14.2 Å². The van der Waals surface area contributed by atoms with E-state index in [4.69, 9.17) is 9.47 Å². The molecule has 0 fully saturated rings. The van der Waals surface area contributed by atoms with Crippen LogP contribution >= 0.6 is 0 Å². The van der Waals surface area contributed by atoms with Gasteiger partial charge in [-0.25, -0.2) is 4.79 Å². The summed E-state index contributed by atoms with van der Waals surface area (Å²) in [7, 11) is 3.00. The number of ether oxygens (including phenoxy) is 2. The van der Waals surface area contributed by atoms with Gasteiger partial charge in [-0.1, -0.05) is 30.3 Å². The zero-order chi connectivity index (χ0) is 13.8. The van der Waals surface area contributed by atoms with E-state index in [1.165, 1.54) is 20.3 Å². The molecule has 0 bridgehead atoms. The maximum Gasteiger partial charge on any atom is 0.336 e. The molecule has 0 spiro atoms. The molecule has 19 heavy (non-hydrogen) atoms. The van der Waals surface area contributed by atoms with Crippen molar-refractivity contribution < 1.29 is 19.4 Å². The molecule has 0 aliphatic rings. The number of aromatic carboxylic acids is 1. The van der Waals surface area contributed by atoms with Crippen LogP contribution in [0.1, 0.15) is 10.4 Å². The van der Waals surface area contributed by atoms with E-state index < -0.39 is 5.97 Å². The molecule has 0 saturated carbocycles. The van der Waals surface area contributed by atoms with E-state index in [0.29, 0.717) is 17.1 Å². The van der Waals surface area contributed by atoms with Gasteiger partial charge in [-0.3, -0.25) is 0 Å². The first-order valence-corrected chi connectivity index (χ1v) is 5.72. The SMILES string of the molecule is COc1cc(C(=O)O)c(-c2ccccc2)cc1OC. The summed E-state index contributed by atoms with van der Waals surface area (Å²) in [6, 6.07) is 12.5. The second-order valence-electron chi connectivity index (χ2n) is 3.92. The minimum absolute atomic E-state index is 0.184. The summed E-state index contributed by atoms with van der Waals surface area (Å²) in [4.78, 5) is 11.4. The molecule has 2 aromatic rings. The van der Waals surface area contributed by atoms with Crippen molar-refractivity contribution in [3.63, 3.8) is 0 Å². The fourth-order valence-electron chi connectivity index (χ4n) is 1.91. The van der Waals surface area contributed by atoms with Crippen LogP contribution in [0.3, 0.4) is 0 Å². The summed E-state index contributed by atoms with van der Waals surface area (Å²) in [6.07, 6.45) is 0. The Hall–Kier alpha value is -2.49. The zero-order valence-corrected chi connectivity index (χ0v) is 10.7. The van der Waals surface area contributed by atoms with Crippen LogP contribution < -0.4 is 9.47 Å². The minimum atomic E-state index is -1.00. The van der Waals surface area contributed by atoms with Gasteiger partial charge in [0.1, 0.15) is 0 Å². The van der Waals surface area contributed by atoms with Crippen molar-refractivity contribution in [3.05, 3.63) is 48.0 Å². The monoisotopic (exact) mass is 258 g/mol. The first kappa shape index (κ1) is 13.0. The van der Waals surface area contributed by atoms with Crippen LogP contribution in [0.2, 0.25) is 0 Å². The van der Waals surface area contributed by atoms with E-state index in [1.54, 1.807) is 6.07 Å². The summed E-state index contributed by atoms with van der Waals surface area (Å²) in [5, 5.41) is 9.31. The Labute approximate surface area is 111 Å². The number of carboxylic acids is 1. The standard InChI is InChI=1S/C15H14O4/c1-18-13-8-11(10-6-4-3-5-7-10)12(15(16)17)9-14(13)19-2/h3-9H,1-2H3,(H,16,17). The van der Waals surface area contributed by atoms with Gasteiger partial charge in [0.05, 0.1) is 19.8 Å². The molecule has 98 valence electrons.